The van der Waals surface area contributed by atoms with E-state index < -0.39 is 0 Å². The minimum atomic E-state index is -0.0619. The summed E-state index contributed by atoms with van der Waals surface area (Å²) >= 11 is 0. The molecule has 0 spiro atoms. The number of carbonyl (C=O) groups is 1. The van der Waals surface area contributed by atoms with Gasteiger partial charge in [-0.05, 0) is 13.0 Å². The molecule has 0 aliphatic carbocycles. The van der Waals surface area contributed by atoms with Gasteiger partial charge in [0, 0.05) is 17.7 Å². The molecule has 0 aliphatic rings. The molecule has 4 heteroatoms. The number of oxime groups is 1. The Labute approximate surface area is 88.6 Å². The van der Waals surface area contributed by atoms with Crippen molar-refractivity contribution in [3.05, 3.63) is 29.8 Å². The molecule has 0 saturated heterocycles. The zero-order valence-electron chi connectivity index (χ0n) is 8.82. The van der Waals surface area contributed by atoms with Crippen molar-refractivity contribution in [3.63, 3.8) is 0 Å². The van der Waals surface area contributed by atoms with E-state index in [9.17, 15) is 4.79 Å². The van der Waals surface area contributed by atoms with Gasteiger partial charge in [-0.1, -0.05) is 30.3 Å². The van der Waals surface area contributed by atoms with Crippen molar-refractivity contribution >= 4 is 17.3 Å². The Hall–Kier alpha value is -1.84. The predicted octanol–water partition coefficient (Wildman–Crippen LogP) is 2.23. The van der Waals surface area contributed by atoms with E-state index in [1.54, 1.807) is 26.0 Å². The van der Waals surface area contributed by atoms with Gasteiger partial charge in [-0.25, -0.2) is 0 Å². The molecule has 4 nitrogen and oxygen atoms in total. The highest BCUT2D eigenvalue weighted by molar-refractivity contribution is 6.06. The van der Waals surface area contributed by atoms with Crippen LogP contribution in [0.15, 0.2) is 29.4 Å². The van der Waals surface area contributed by atoms with Crippen LogP contribution in [0.5, 0.6) is 0 Å². The fourth-order valence-corrected chi connectivity index (χ4v) is 1.20. The maximum absolute atomic E-state index is 11.2. The topological polar surface area (TPSA) is 61.7 Å². The van der Waals surface area contributed by atoms with E-state index in [4.69, 9.17) is 5.21 Å². The van der Waals surface area contributed by atoms with E-state index in [-0.39, 0.29) is 5.91 Å². The fourth-order valence-electron chi connectivity index (χ4n) is 1.20. The van der Waals surface area contributed by atoms with Crippen molar-refractivity contribution in [1.82, 2.24) is 0 Å². The zero-order chi connectivity index (χ0) is 11.3. The molecular weight excluding hydrogens is 192 g/mol. The summed E-state index contributed by atoms with van der Waals surface area (Å²) < 4.78 is 0. The summed E-state index contributed by atoms with van der Waals surface area (Å²) in [5.41, 5.74) is 1.86. The number of amides is 1. The van der Waals surface area contributed by atoms with E-state index in [1.807, 2.05) is 12.1 Å². The maximum Gasteiger partial charge on any atom is 0.224 e. The molecule has 80 valence electrons. The Morgan fingerprint density at radius 3 is 2.73 bits per heavy atom. The minimum absolute atomic E-state index is 0.0619. The molecule has 1 aromatic carbocycles. The largest absolute Gasteiger partial charge is 0.411 e. The lowest BCUT2D eigenvalue weighted by molar-refractivity contribution is -0.115. The monoisotopic (exact) mass is 206 g/mol. The first-order valence-electron chi connectivity index (χ1n) is 4.77. The van der Waals surface area contributed by atoms with Gasteiger partial charge in [0.25, 0.3) is 0 Å². The number of carbonyl (C=O) groups excluding carboxylic acids is 1. The summed E-state index contributed by atoms with van der Waals surface area (Å²) in [4.78, 5) is 11.2. The van der Waals surface area contributed by atoms with E-state index in [1.165, 1.54) is 0 Å². The molecule has 0 aromatic heterocycles. The summed E-state index contributed by atoms with van der Waals surface area (Å²) in [6.07, 6.45) is 0.420. The molecule has 15 heavy (non-hydrogen) atoms. The lowest BCUT2D eigenvalue weighted by Crippen LogP contribution is -2.12. The third-order valence-corrected chi connectivity index (χ3v) is 2.06. The summed E-state index contributed by atoms with van der Waals surface area (Å²) in [5, 5.41) is 14.5. The summed E-state index contributed by atoms with van der Waals surface area (Å²) in [6.45, 7) is 3.46. The van der Waals surface area contributed by atoms with Crippen LogP contribution in [-0.4, -0.2) is 16.8 Å². The average Bonchev–Trinajstić information content (AvgIpc) is 2.28. The van der Waals surface area contributed by atoms with Crippen molar-refractivity contribution in [2.75, 3.05) is 5.32 Å². The molecule has 0 radical (unpaired) electrons. The average molecular weight is 206 g/mol. The molecule has 0 aliphatic heterocycles. The van der Waals surface area contributed by atoms with Crippen LogP contribution in [0.3, 0.4) is 0 Å². The van der Waals surface area contributed by atoms with Gasteiger partial charge in [0.05, 0.1) is 5.71 Å². The predicted molar refractivity (Wildman–Crippen MR) is 59.4 cm³/mol. The van der Waals surface area contributed by atoms with Crippen LogP contribution in [0.1, 0.15) is 25.8 Å². The van der Waals surface area contributed by atoms with E-state index in [0.29, 0.717) is 17.8 Å². The SMILES string of the molecule is CCC(=O)Nc1ccccc1/C(C)=N/O. The van der Waals surface area contributed by atoms with Gasteiger partial charge < -0.3 is 10.5 Å². The van der Waals surface area contributed by atoms with Crippen LogP contribution in [-0.2, 0) is 4.79 Å². The van der Waals surface area contributed by atoms with Crippen LogP contribution < -0.4 is 5.32 Å². The Balaban J connectivity index is 3.01. The van der Waals surface area contributed by atoms with E-state index in [0.717, 1.165) is 5.56 Å². The first-order chi connectivity index (χ1) is 7.19. The van der Waals surface area contributed by atoms with Crippen LogP contribution in [0.2, 0.25) is 0 Å². The maximum atomic E-state index is 11.2. The lowest BCUT2D eigenvalue weighted by atomic mass is 10.1. The number of nitrogens with one attached hydrogen (secondary N) is 1. The third-order valence-electron chi connectivity index (χ3n) is 2.06. The number of nitrogens with zero attached hydrogens (tertiary/aromatic N) is 1. The van der Waals surface area contributed by atoms with E-state index >= 15 is 0 Å². The van der Waals surface area contributed by atoms with Gasteiger partial charge in [-0.2, -0.15) is 0 Å². The number of rotatable bonds is 3. The van der Waals surface area contributed by atoms with Crippen molar-refractivity contribution in [1.29, 1.82) is 0 Å². The second-order valence-corrected chi connectivity index (χ2v) is 3.13. The molecule has 0 atom stereocenters. The molecule has 0 bridgehead atoms. The number of para-hydroxylation sites is 1. The first kappa shape index (κ1) is 11.2. The summed E-state index contributed by atoms with van der Waals surface area (Å²) in [5.74, 6) is -0.0619. The van der Waals surface area contributed by atoms with Gasteiger partial charge in [0.2, 0.25) is 5.91 Å². The third kappa shape index (κ3) is 2.80. The molecule has 1 rings (SSSR count). The van der Waals surface area contributed by atoms with Crippen molar-refractivity contribution in [2.45, 2.75) is 20.3 Å². The zero-order valence-corrected chi connectivity index (χ0v) is 8.82. The van der Waals surface area contributed by atoms with Crippen molar-refractivity contribution in [3.8, 4) is 0 Å². The number of hydrogen-bond donors (Lipinski definition) is 2. The lowest BCUT2D eigenvalue weighted by Gasteiger charge is -2.08. The Bertz CT molecular complexity index is 386. The van der Waals surface area contributed by atoms with Gasteiger partial charge >= 0.3 is 0 Å². The Morgan fingerprint density at radius 1 is 1.47 bits per heavy atom. The second kappa shape index (κ2) is 5.14. The second-order valence-electron chi connectivity index (χ2n) is 3.13. The van der Waals surface area contributed by atoms with E-state index in [2.05, 4.69) is 10.5 Å². The fraction of sp³-hybridized carbons (Fsp3) is 0.273. The van der Waals surface area contributed by atoms with Crippen molar-refractivity contribution < 1.29 is 10.0 Å². The highest BCUT2D eigenvalue weighted by Crippen LogP contribution is 2.16. The summed E-state index contributed by atoms with van der Waals surface area (Å²) in [6, 6.07) is 7.21. The van der Waals surface area contributed by atoms with Crippen LogP contribution >= 0.6 is 0 Å². The van der Waals surface area contributed by atoms with Crippen LogP contribution in [0.25, 0.3) is 0 Å². The molecule has 0 fully saturated rings. The smallest absolute Gasteiger partial charge is 0.224 e. The standard InChI is InChI=1S/C11H14N2O2/c1-3-11(14)12-10-7-5-4-6-9(10)8(2)13-15/h4-7,15H,3H2,1-2H3,(H,12,14)/b13-8+. The Kier molecular flexibility index (Phi) is 3.85. The van der Waals surface area contributed by atoms with Gasteiger partial charge in [-0.15, -0.1) is 0 Å². The molecular formula is C11H14N2O2. The number of anilines is 1. The van der Waals surface area contributed by atoms with Crippen molar-refractivity contribution in [2.24, 2.45) is 5.16 Å². The highest BCUT2D eigenvalue weighted by Gasteiger charge is 2.07. The molecule has 0 heterocycles. The van der Waals surface area contributed by atoms with Crippen LogP contribution in [0, 0.1) is 0 Å². The first-order valence-corrected chi connectivity index (χ1v) is 4.77. The highest BCUT2D eigenvalue weighted by atomic mass is 16.4. The van der Waals surface area contributed by atoms with Crippen LogP contribution in [0.4, 0.5) is 5.69 Å². The molecule has 0 saturated carbocycles. The number of benzene rings is 1. The normalized spacial score (nSPS) is 11.2. The Morgan fingerprint density at radius 2 is 2.13 bits per heavy atom. The quantitative estimate of drug-likeness (QED) is 0.452. The minimum Gasteiger partial charge on any atom is -0.411 e. The van der Waals surface area contributed by atoms with Gasteiger partial charge in [0.1, 0.15) is 0 Å². The molecule has 2 N–H and O–H groups in total. The summed E-state index contributed by atoms with van der Waals surface area (Å²) in [7, 11) is 0. The van der Waals surface area contributed by atoms with Gasteiger partial charge in [-0.3, -0.25) is 4.79 Å². The number of hydrogen-bond acceptors (Lipinski definition) is 3. The molecule has 1 aromatic rings. The van der Waals surface area contributed by atoms with Gasteiger partial charge in [0.15, 0.2) is 0 Å². The molecule has 1 amide bonds. The molecule has 0 unspecified atom stereocenters.